The Balaban J connectivity index is 1.33. The summed E-state index contributed by atoms with van der Waals surface area (Å²) in [5, 5.41) is 24.9. The van der Waals surface area contributed by atoms with Gasteiger partial charge in [0.1, 0.15) is 5.75 Å². The summed E-state index contributed by atoms with van der Waals surface area (Å²) >= 11 is 1.87. The van der Waals surface area contributed by atoms with Crippen molar-refractivity contribution < 1.29 is 43.2 Å². The number of carbonyl (C=O) groups is 4. The second-order valence-electron chi connectivity index (χ2n) is 11.0. The Bertz CT molecular complexity index is 1130. The molecule has 0 aliphatic carbocycles. The monoisotopic (exact) mass is 695 g/mol. The summed E-state index contributed by atoms with van der Waals surface area (Å²) in [7, 11) is 3.44. The highest BCUT2D eigenvalue weighted by Crippen LogP contribution is 2.31. The lowest BCUT2D eigenvalue weighted by Crippen LogP contribution is -2.48. The molecule has 1 aromatic carbocycles. The molecule has 3 unspecified atom stereocenters. The van der Waals surface area contributed by atoms with E-state index in [0.717, 1.165) is 37.0 Å². The molecule has 1 aromatic rings. The van der Waals surface area contributed by atoms with Crippen LogP contribution in [-0.4, -0.2) is 126 Å². The minimum absolute atomic E-state index is 0.0208. The Hall–Kier alpha value is -3.21. The van der Waals surface area contributed by atoms with Crippen LogP contribution in [0.5, 0.6) is 5.75 Å². The zero-order chi connectivity index (χ0) is 34.8. The van der Waals surface area contributed by atoms with Gasteiger partial charge in [0.05, 0.1) is 58.9 Å². The molecule has 0 bridgehead atoms. The molecule has 0 spiro atoms. The summed E-state index contributed by atoms with van der Waals surface area (Å²) in [4.78, 5) is 46.2. The maximum atomic E-state index is 12.1. The minimum Gasteiger partial charge on any atom is -0.507 e. The van der Waals surface area contributed by atoms with Crippen molar-refractivity contribution in [2.45, 2.75) is 56.0 Å². The number of thioether (sulfide) groups is 1. The topological polar surface area (TPSA) is 186 Å². The molecule has 0 aromatic heterocycles. The van der Waals surface area contributed by atoms with Crippen molar-refractivity contribution >= 4 is 42.0 Å². The Kier molecular flexibility index (Phi) is 22.0. The Morgan fingerprint density at radius 2 is 1.56 bits per heavy atom. The van der Waals surface area contributed by atoms with Gasteiger partial charge in [0, 0.05) is 61.7 Å². The van der Waals surface area contributed by atoms with E-state index in [9.17, 15) is 24.3 Å². The van der Waals surface area contributed by atoms with Gasteiger partial charge in [0.25, 0.3) is 0 Å². The zero-order valence-electron chi connectivity index (χ0n) is 28.1. The van der Waals surface area contributed by atoms with Gasteiger partial charge >= 0.3 is 0 Å². The third-order valence-corrected chi connectivity index (χ3v) is 8.99. The van der Waals surface area contributed by atoms with Crippen LogP contribution in [0.4, 0.5) is 0 Å². The smallest absolute Gasteiger partial charge is 0.243 e. The van der Waals surface area contributed by atoms with Gasteiger partial charge in [-0.15, -0.1) is 0 Å². The van der Waals surface area contributed by atoms with Gasteiger partial charge in [-0.1, -0.05) is 18.6 Å². The third-order valence-electron chi connectivity index (χ3n) is 7.49. The molecule has 270 valence electrons. The van der Waals surface area contributed by atoms with Gasteiger partial charge in [-0.2, -0.15) is 11.8 Å². The fourth-order valence-electron chi connectivity index (χ4n) is 4.87. The average molecular weight is 696 g/mol. The molecular weight excluding hydrogens is 642 g/mol. The number of unbranched alkanes of at least 4 members (excludes halogenated alkanes) is 1. The molecule has 1 saturated heterocycles. The predicted molar refractivity (Wildman–Crippen MR) is 185 cm³/mol. The van der Waals surface area contributed by atoms with Gasteiger partial charge < -0.3 is 50.6 Å². The average Bonchev–Trinajstić information content (AvgIpc) is 3.48. The lowest BCUT2D eigenvalue weighted by Gasteiger charge is -2.22. The van der Waals surface area contributed by atoms with E-state index in [2.05, 4.69) is 26.6 Å². The first kappa shape index (κ1) is 41.0. The fraction of sp³-hybridized carbons (Fsp3) is 0.636. The molecule has 4 amide bonds. The fourth-order valence-corrected chi connectivity index (χ4v) is 6.49. The summed E-state index contributed by atoms with van der Waals surface area (Å²) < 4.78 is 21.9. The van der Waals surface area contributed by atoms with Crippen LogP contribution in [0.2, 0.25) is 0 Å². The molecule has 6 N–H and O–H groups in total. The molecule has 3 atom stereocenters. The van der Waals surface area contributed by atoms with E-state index >= 15 is 0 Å². The van der Waals surface area contributed by atoms with Crippen molar-refractivity contribution in [2.75, 3.05) is 79.2 Å². The Labute approximate surface area is 287 Å². The van der Waals surface area contributed by atoms with Crippen molar-refractivity contribution in [3.8, 4) is 5.75 Å². The highest BCUT2D eigenvalue weighted by Gasteiger charge is 2.34. The molecule has 1 heterocycles. The van der Waals surface area contributed by atoms with Gasteiger partial charge in [0.15, 0.2) is 0 Å². The van der Waals surface area contributed by atoms with Gasteiger partial charge in [0.2, 0.25) is 24.1 Å². The molecular formula is C33H53N5O9S. The summed E-state index contributed by atoms with van der Waals surface area (Å²) in [6.45, 7) is 3.84. The van der Waals surface area contributed by atoms with Crippen molar-refractivity contribution in [2.24, 2.45) is 0 Å². The lowest BCUT2D eigenvalue weighted by molar-refractivity contribution is -0.123. The maximum absolute atomic E-state index is 12.1. The number of carbonyl (C=O) groups excluding carboxylic acids is 4. The highest BCUT2D eigenvalue weighted by molar-refractivity contribution is 8.00. The maximum Gasteiger partial charge on any atom is 0.243 e. The van der Waals surface area contributed by atoms with Gasteiger partial charge in [-0.05, 0) is 37.6 Å². The second-order valence-corrected chi connectivity index (χ2v) is 12.3. The first-order chi connectivity index (χ1) is 23.4. The predicted octanol–water partition coefficient (Wildman–Crippen LogP) is 0.719. The van der Waals surface area contributed by atoms with Crippen LogP contribution in [0, 0.1) is 0 Å². The molecule has 1 aliphatic heterocycles. The van der Waals surface area contributed by atoms with Gasteiger partial charge in [-0.3, -0.25) is 19.2 Å². The van der Waals surface area contributed by atoms with E-state index in [1.807, 2.05) is 18.8 Å². The SMILES string of the molecule is CNC(=O)/C=C/c1ccc(CNC(=O)CCOCCOCCOCCOCCNC(=O)CCCCC2SCC(NC=O)C2NC)cc1O. The third kappa shape index (κ3) is 17.8. The minimum atomic E-state index is -0.270. The summed E-state index contributed by atoms with van der Waals surface area (Å²) in [5.74, 6) is 0.515. The van der Waals surface area contributed by atoms with Crippen LogP contribution < -0.4 is 26.6 Å². The number of phenolic OH excluding ortho intramolecular Hbond substituents is 1. The van der Waals surface area contributed by atoms with E-state index in [1.54, 1.807) is 18.2 Å². The first-order valence-corrected chi connectivity index (χ1v) is 17.5. The number of amides is 4. The number of phenols is 1. The normalized spacial score (nSPS) is 17.3. The van der Waals surface area contributed by atoms with Crippen LogP contribution in [0.3, 0.4) is 0 Å². The number of ether oxygens (including phenoxy) is 4. The number of benzene rings is 1. The number of hydrogen-bond acceptors (Lipinski definition) is 11. The lowest BCUT2D eigenvalue weighted by atomic mass is 10.0. The molecule has 14 nitrogen and oxygen atoms in total. The highest BCUT2D eigenvalue weighted by atomic mass is 32.2. The van der Waals surface area contributed by atoms with E-state index in [4.69, 9.17) is 18.9 Å². The number of nitrogens with one attached hydrogen (secondary N) is 5. The van der Waals surface area contributed by atoms with E-state index < -0.39 is 0 Å². The van der Waals surface area contributed by atoms with Crippen molar-refractivity contribution in [3.05, 3.63) is 35.4 Å². The molecule has 0 radical (unpaired) electrons. The van der Waals surface area contributed by atoms with Crippen LogP contribution in [-0.2, 0) is 44.7 Å². The number of hydrogen-bond donors (Lipinski definition) is 6. The van der Waals surface area contributed by atoms with E-state index in [1.165, 1.54) is 19.2 Å². The summed E-state index contributed by atoms with van der Waals surface area (Å²) in [5.41, 5.74) is 1.24. The van der Waals surface area contributed by atoms with Crippen LogP contribution >= 0.6 is 11.8 Å². The van der Waals surface area contributed by atoms with Crippen molar-refractivity contribution in [1.82, 2.24) is 26.6 Å². The Morgan fingerprint density at radius 3 is 2.21 bits per heavy atom. The van der Waals surface area contributed by atoms with E-state index in [0.29, 0.717) is 70.0 Å². The zero-order valence-corrected chi connectivity index (χ0v) is 28.9. The van der Waals surface area contributed by atoms with Gasteiger partial charge in [-0.25, -0.2) is 0 Å². The first-order valence-electron chi connectivity index (χ1n) is 16.4. The van der Waals surface area contributed by atoms with E-state index in [-0.39, 0.29) is 55.1 Å². The van der Waals surface area contributed by atoms with Crippen LogP contribution in [0.25, 0.3) is 6.08 Å². The number of aromatic hydroxyl groups is 1. The van der Waals surface area contributed by atoms with Crippen molar-refractivity contribution in [3.63, 3.8) is 0 Å². The van der Waals surface area contributed by atoms with Crippen LogP contribution in [0.1, 0.15) is 43.2 Å². The molecule has 1 aliphatic rings. The standard InChI is InChI=1S/C33H53N5O9S/c1-34-30(41)10-9-26-8-7-25(21-28(26)40)22-37-32(43)11-13-44-15-17-46-19-20-47-18-16-45-14-12-36-31(42)6-4-3-5-29-33(35-2)27(23-48-29)38-24-39/h7-10,21,24,27,29,33,35,40H,3-6,11-20,22-23H2,1-2H3,(H,34,41)(H,36,42)(H,37,43)(H,38,39)/b10-9+. The molecule has 0 saturated carbocycles. The second kappa shape index (κ2) is 25.8. The Morgan fingerprint density at radius 1 is 0.896 bits per heavy atom. The number of likely N-dealkylation sites (N-methyl/N-ethyl adjacent to an activating group) is 2. The summed E-state index contributed by atoms with van der Waals surface area (Å²) in [6, 6.07) is 5.41. The molecule has 2 rings (SSSR count). The summed E-state index contributed by atoms with van der Waals surface area (Å²) in [6.07, 6.45) is 7.11. The molecule has 1 fully saturated rings. The quantitative estimate of drug-likeness (QED) is 0.0433. The number of rotatable bonds is 27. The largest absolute Gasteiger partial charge is 0.507 e. The van der Waals surface area contributed by atoms with Crippen molar-refractivity contribution in [1.29, 1.82) is 0 Å². The molecule has 48 heavy (non-hydrogen) atoms. The molecule has 15 heteroatoms. The van der Waals surface area contributed by atoms with Crippen LogP contribution in [0.15, 0.2) is 24.3 Å².